The van der Waals surface area contributed by atoms with Crippen molar-refractivity contribution in [1.29, 1.82) is 0 Å². The molecule has 112 valence electrons. The summed E-state index contributed by atoms with van der Waals surface area (Å²) in [5, 5.41) is 3.07. The predicted octanol–water partition coefficient (Wildman–Crippen LogP) is 2.68. The molecule has 1 atom stereocenters. The van der Waals surface area contributed by atoms with Gasteiger partial charge in [-0.15, -0.1) is 0 Å². The minimum absolute atomic E-state index is 0.337. The van der Waals surface area contributed by atoms with Gasteiger partial charge in [0.05, 0.1) is 13.3 Å². The van der Waals surface area contributed by atoms with E-state index in [2.05, 4.69) is 15.0 Å². The number of hydrogen-bond acceptors (Lipinski definition) is 4. The quantitative estimate of drug-likeness (QED) is 0.806. The molecule has 3 aromatic rings. The lowest BCUT2D eigenvalue weighted by molar-refractivity contribution is 0.187. The summed E-state index contributed by atoms with van der Waals surface area (Å²) in [6.07, 6.45) is 1.01. The molecule has 2 heterocycles. The third-order valence-electron chi connectivity index (χ3n) is 3.02. The largest absolute Gasteiger partial charge is 0.453 e. The van der Waals surface area contributed by atoms with Crippen molar-refractivity contribution in [3.8, 4) is 0 Å². The molecule has 22 heavy (non-hydrogen) atoms. The standard InChI is InChI=1S/C15H13N3O3S/c1-21-15(19)17-12-10-18-13(16-12)8-5-9-14(18)22(20)11-6-3-2-4-7-11/h2-10H,1H3,(H,17,19). The zero-order chi connectivity index (χ0) is 15.5. The van der Waals surface area contributed by atoms with Crippen LogP contribution >= 0.6 is 0 Å². The highest BCUT2D eigenvalue weighted by atomic mass is 32.2. The van der Waals surface area contributed by atoms with Gasteiger partial charge in [0.25, 0.3) is 0 Å². The number of pyridine rings is 1. The fraction of sp³-hybridized carbons (Fsp3) is 0.0667. The predicted molar refractivity (Wildman–Crippen MR) is 82.3 cm³/mol. The Morgan fingerprint density at radius 1 is 1.18 bits per heavy atom. The Morgan fingerprint density at radius 2 is 1.95 bits per heavy atom. The number of carbonyl (C=O) groups is 1. The van der Waals surface area contributed by atoms with E-state index in [-0.39, 0.29) is 0 Å². The van der Waals surface area contributed by atoms with Gasteiger partial charge in [0.2, 0.25) is 0 Å². The van der Waals surface area contributed by atoms with E-state index in [4.69, 9.17) is 0 Å². The number of anilines is 1. The van der Waals surface area contributed by atoms with E-state index < -0.39 is 16.9 Å². The summed E-state index contributed by atoms with van der Waals surface area (Å²) in [4.78, 5) is 16.2. The van der Waals surface area contributed by atoms with Crippen molar-refractivity contribution in [1.82, 2.24) is 9.38 Å². The number of aromatic nitrogens is 2. The first-order valence-corrected chi connectivity index (χ1v) is 7.64. The topological polar surface area (TPSA) is 72.7 Å². The van der Waals surface area contributed by atoms with Crippen molar-refractivity contribution in [2.24, 2.45) is 0 Å². The Bertz CT molecular complexity index is 846. The Labute approximate surface area is 129 Å². The number of hydrogen-bond donors (Lipinski definition) is 1. The highest BCUT2D eigenvalue weighted by Crippen LogP contribution is 2.19. The Hall–Kier alpha value is -2.67. The maximum absolute atomic E-state index is 12.7. The normalized spacial score (nSPS) is 12.0. The third kappa shape index (κ3) is 2.71. The van der Waals surface area contributed by atoms with Crippen LogP contribution in [0.3, 0.4) is 0 Å². The minimum Gasteiger partial charge on any atom is -0.453 e. The number of amides is 1. The van der Waals surface area contributed by atoms with E-state index in [1.807, 2.05) is 18.2 Å². The van der Waals surface area contributed by atoms with Crippen LogP contribution in [0.4, 0.5) is 10.6 Å². The molecule has 2 aromatic heterocycles. The molecule has 0 aliphatic rings. The number of fused-ring (bicyclic) bond motifs is 1. The first-order valence-electron chi connectivity index (χ1n) is 6.49. The number of imidazole rings is 1. The van der Waals surface area contributed by atoms with Gasteiger partial charge in [0.1, 0.15) is 21.5 Å². The van der Waals surface area contributed by atoms with Crippen LogP contribution in [0.15, 0.2) is 64.6 Å². The smallest absolute Gasteiger partial charge is 0.412 e. The number of rotatable bonds is 3. The average Bonchev–Trinajstić information content (AvgIpc) is 2.97. The van der Waals surface area contributed by atoms with Crippen LogP contribution in [0.1, 0.15) is 0 Å². The number of carbonyl (C=O) groups excluding carboxylic acids is 1. The second-order valence-corrected chi connectivity index (χ2v) is 5.84. The molecule has 0 aliphatic heterocycles. The summed E-state index contributed by atoms with van der Waals surface area (Å²) in [6, 6.07) is 14.5. The molecular formula is C15H13N3O3S. The summed E-state index contributed by atoms with van der Waals surface area (Å²) < 4.78 is 18.9. The van der Waals surface area contributed by atoms with Gasteiger partial charge in [-0.05, 0) is 24.3 Å². The van der Waals surface area contributed by atoms with Crippen LogP contribution in [-0.2, 0) is 15.5 Å². The van der Waals surface area contributed by atoms with Crippen molar-refractivity contribution in [2.75, 3.05) is 12.4 Å². The van der Waals surface area contributed by atoms with E-state index in [1.165, 1.54) is 7.11 Å². The molecular weight excluding hydrogens is 302 g/mol. The van der Waals surface area contributed by atoms with Gasteiger partial charge in [-0.25, -0.2) is 14.0 Å². The molecule has 0 aliphatic carbocycles. The van der Waals surface area contributed by atoms with Gasteiger partial charge in [-0.3, -0.25) is 9.72 Å². The fourth-order valence-electron chi connectivity index (χ4n) is 2.02. The fourth-order valence-corrected chi connectivity index (χ4v) is 3.19. The number of nitrogens with zero attached hydrogens (tertiary/aromatic N) is 2. The molecule has 1 N–H and O–H groups in total. The number of methoxy groups -OCH3 is 1. The zero-order valence-electron chi connectivity index (χ0n) is 11.7. The summed E-state index contributed by atoms with van der Waals surface area (Å²) in [6.45, 7) is 0. The van der Waals surface area contributed by atoms with E-state index in [1.54, 1.807) is 40.9 Å². The summed E-state index contributed by atoms with van der Waals surface area (Å²) in [5.74, 6) is 0.337. The van der Waals surface area contributed by atoms with Gasteiger partial charge in [0, 0.05) is 4.90 Å². The first kappa shape index (κ1) is 14.3. The molecule has 0 fully saturated rings. The van der Waals surface area contributed by atoms with Crippen LogP contribution in [-0.4, -0.2) is 26.8 Å². The lowest BCUT2D eigenvalue weighted by Gasteiger charge is -2.05. The van der Waals surface area contributed by atoms with E-state index in [0.29, 0.717) is 21.4 Å². The Balaban J connectivity index is 2.03. The number of ether oxygens (including phenoxy) is 1. The SMILES string of the molecule is COC(=O)Nc1cn2c(S(=O)c3ccccc3)cccc2n1. The van der Waals surface area contributed by atoms with Crippen molar-refractivity contribution < 1.29 is 13.7 Å². The lowest BCUT2D eigenvalue weighted by atomic mass is 10.4. The van der Waals surface area contributed by atoms with Crippen LogP contribution < -0.4 is 5.32 Å². The third-order valence-corrected chi connectivity index (χ3v) is 4.43. The molecule has 1 amide bonds. The lowest BCUT2D eigenvalue weighted by Crippen LogP contribution is -2.10. The van der Waals surface area contributed by atoms with Gasteiger partial charge in [-0.1, -0.05) is 24.3 Å². The van der Waals surface area contributed by atoms with Crippen molar-refractivity contribution in [3.63, 3.8) is 0 Å². The summed E-state index contributed by atoms with van der Waals surface area (Å²) in [5.41, 5.74) is 0.591. The molecule has 1 unspecified atom stereocenters. The molecule has 0 radical (unpaired) electrons. The number of benzene rings is 1. The molecule has 1 aromatic carbocycles. The van der Waals surface area contributed by atoms with E-state index in [0.717, 1.165) is 0 Å². The molecule has 0 bridgehead atoms. The van der Waals surface area contributed by atoms with Crippen molar-refractivity contribution >= 4 is 28.4 Å². The van der Waals surface area contributed by atoms with Crippen molar-refractivity contribution in [3.05, 3.63) is 54.7 Å². The summed E-state index contributed by atoms with van der Waals surface area (Å²) >= 11 is 0. The van der Waals surface area contributed by atoms with E-state index >= 15 is 0 Å². The monoisotopic (exact) mass is 315 g/mol. The van der Waals surface area contributed by atoms with Crippen LogP contribution in [0.5, 0.6) is 0 Å². The zero-order valence-corrected chi connectivity index (χ0v) is 12.5. The van der Waals surface area contributed by atoms with Crippen LogP contribution in [0, 0.1) is 0 Å². The second-order valence-electron chi connectivity index (χ2n) is 4.42. The van der Waals surface area contributed by atoms with Gasteiger partial charge >= 0.3 is 6.09 Å². The van der Waals surface area contributed by atoms with Gasteiger partial charge < -0.3 is 4.74 Å². The number of nitrogens with one attached hydrogen (secondary N) is 1. The summed E-state index contributed by atoms with van der Waals surface area (Å²) in [7, 11) is -0.0647. The van der Waals surface area contributed by atoms with E-state index in [9.17, 15) is 9.00 Å². The maximum atomic E-state index is 12.7. The maximum Gasteiger partial charge on any atom is 0.412 e. The highest BCUT2D eigenvalue weighted by Gasteiger charge is 2.13. The Kier molecular flexibility index (Phi) is 3.88. The van der Waals surface area contributed by atoms with Crippen molar-refractivity contribution in [2.45, 2.75) is 9.92 Å². The average molecular weight is 315 g/mol. The first-order chi connectivity index (χ1) is 10.7. The molecule has 0 saturated carbocycles. The van der Waals surface area contributed by atoms with Crippen LogP contribution in [0.25, 0.3) is 5.65 Å². The molecule has 0 spiro atoms. The van der Waals surface area contributed by atoms with Crippen LogP contribution in [0.2, 0.25) is 0 Å². The minimum atomic E-state index is -1.34. The van der Waals surface area contributed by atoms with Gasteiger partial charge in [0.15, 0.2) is 5.82 Å². The van der Waals surface area contributed by atoms with Gasteiger partial charge in [-0.2, -0.15) is 0 Å². The molecule has 7 heteroatoms. The molecule has 0 saturated heterocycles. The highest BCUT2D eigenvalue weighted by molar-refractivity contribution is 7.85. The Morgan fingerprint density at radius 3 is 2.68 bits per heavy atom. The second kappa shape index (κ2) is 5.98. The molecule has 6 nitrogen and oxygen atoms in total. The molecule has 3 rings (SSSR count).